The Bertz CT molecular complexity index is 804. The zero-order chi connectivity index (χ0) is 17.7. The minimum Gasteiger partial charge on any atom is -0.322 e. The molecule has 1 amide bonds. The molecule has 2 rings (SSSR count). The van der Waals surface area contributed by atoms with Gasteiger partial charge in [0.25, 0.3) is 11.7 Å². The number of carbonyl (C=O) groups is 1. The van der Waals surface area contributed by atoms with E-state index in [1.54, 1.807) is 6.92 Å². The highest BCUT2D eigenvalue weighted by Crippen LogP contribution is 2.25. The molecule has 0 aliphatic rings. The zero-order valence-electron chi connectivity index (χ0n) is 12.7. The Morgan fingerprint density at radius 2 is 1.67 bits per heavy atom. The van der Waals surface area contributed by atoms with Crippen molar-refractivity contribution in [1.82, 2.24) is 0 Å². The van der Waals surface area contributed by atoms with Crippen molar-refractivity contribution in [3.8, 4) is 0 Å². The van der Waals surface area contributed by atoms with Crippen molar-refractivity contribution in [2.75, 3.05) is 11.1 Å². The first-order valence-electron chi connectivity index (χ1n) is 7.01. The third-order valence-corrected chi connectivity index (χ3v) is 5.67. The van der Waals surface area contributed by atoms with Crippen LogP contribution in [-0.4, -0.2) is 25.8 Å². The van der Waals surface area contributed by atoms with E-state index in [4.69, 9.17) is 0 Å². The summed E-state index contributed by atoms with van der Waals surface area (Å²) in [6.07, 6.45) is 0. The predicted octanol–water partition coefficient (Wildman–Crippen LogP) is 4.05. The van der Waals surface area contributed by atoms with E-state index in [0.717, 1.165) is 0 Å². The summed E-state index contributed by atoms with van der Waals surface area (Å²) >= 11 is 0.407. The Balaban J connectivity index is 2.07. The second-order valence-electron chi connectivity index (χ2n) is 4.78. The Morgan fingerprint density at radius 3 is 2.17 bits per heavy atom. The van der Waals surface area contributed by atoms with E-state index in [9.17, 15) is 22.0 Å². The van der Waals surface area contributed by atoms with E-state index in [2.05, 4.69) is 5.32 Å². The van der Waals surface area contributed by atoms with E-state index in [1.165, 1.54) is 48.5 Å². The molecule has 0 aliphatic heterocycles. The summed E-state index contributed by atoms with van der Waals surface area (Å²) in [6, 6.07) is 11.7. The lowest BCUT2D eigenvalue weighted by molar-refractivity contribution is 0.102. The number of sulfone groups is 1. The number of nitrogens with one attached hydrogen (secondary N) is 1. The van der Waals surface area contributed by atoms with E-state index < -0.39 is 21.5 Å². The highest BCUT2D eigenvalue weighted by Gasteiger charge is 2.12. The summed E-state index contributed by atoms with van der Waals surface area (Å²) in [5, 5.41) is 2.63. The summed E-state index contributed by atoms with van der Waals surface area (Å²) in [6.45, 7) is 1.56. The highest BCUT2D eigenvalue weighted by molar-refractivity contribution is 7.99. The zero-order valence-corrected chi connectivity index (χ0v) is 14.3. The number of rotatable bonds is 6. The molecule has 0 unspecified atom stereocenters. The molecule has 0 saturated heterocycles. The molecule has 4 nitrogen and oxygen atoms in total. The first kappa shape index (κ1) is 18.4. The third-order valence-electron chi connectivity index (χ3n) is 3.19. The fourth-order valence-corrected chi connectivity index (χ4v) is 3.29. The molecule has 0 spiro atoms. The largest absolute Gasteiger partial charge is 0.322 e. The summed E-state index contributed by atoms with van der Waals surface area (Å²) in [7, 11) is -3.29. The van der Waals surface area contributed by atoms with Gasteiger partial charge in [0.05, 0.1) is 10.6 Å². The molecule has 1 N–H and O–H groups in total. The summed E-state index contributed by atoms with van der Waals surface area (Å²) in [5.74, 6) is -2.92. The van der Waals surface area contributed by atoms with Crippen LogP contribution in [0.3, 0.4) is 0 Å². The lowest BCUT2D eigenvalue weighted by atomic mass is 10.2. The quantitative estimate of drug-likeness (QED) is 0.778. The number of hydrogen-bond donors (Lipinski definition) is 1. The molecule has 8 heteroatoms. The molecule has 0 bridgehead atoms. The number of anilines is 1. The van der Waals surface area contributed by atoms with Gasteiger partial charge in [0.15, 0.2) is 9.84 Å². The van der Waals surface area contributed by atoms with Gasteiger partial charge in [-0.25, -0.2) is 8.42 Å². The Morgan fingerprint density at radius 1 is 1.08 bits per heavy atom. The number of thioether (sulfide) groups is 1. The van der Waals surface area contributed by atoms with E-state index in [1.807, 2.05) is 0 Å². The molecule has 0 heterocycles. The summed E-state index contributed by atoms with van der Waals surface area (Å²) in [4.78, 5) is 12.7. The second kappa shape index (κ2) is 7.76. The van der Waals surface area contributed by atoms with Gasteiger partial charge in [0.1, 0.15) is 0 Å². The molecule has 0 fully saturated rings. The smallest absolute Gasteiger partial charge is 0.288 e. The third kappa shape index (κ3) is 4.78. The van der Waals surface area contributed by atoms with Crippen molar-refractivity contribution in [1.29, 1.82) is 0 Å². The molecule has 0 aromatic heterocycles. The lowest BCUT2D eigenvalue weighted by Crippen LogP contribution is -2.12. The fraction of sp³-hybridized carbons (Fsp3) is 0.188. The van der Waals surface area contributed by atoms with E-state index in [-0.39, 0.29) is 10.6 Å². The minimum atomic E-state index is -3.29. The number of hydrogen-bond acceptors (Lipinski definition) is 4. The van der Waals surface area contributed by atoms with Crippen LogP contribution in [0.5, 0.6) is 0 Å². The van der Waals surface area contributed by atoms with Crippen molar-refractivity contribution < 1.29 is 22.0 Å². The highest BCUT2D eigenvalue weighted by atomic mass is 32.2. The van der Waals surface area contributed by atoms with Gasteiger partial charge >= 0.3 is 0 Å². The summed E-state index contributed by atoms with van der Waals surface area (Å²) in [5.41, 5.74) is 0.764. The van der Waals surface area contributed by atoms with Crippen LogP contribution < -0.4 is 5.32 Å². The van der Waals surface area contributed by atoms with Gasteiger partial charge in [-0.3, -0.25) is 4.79 Å². The van der Waals surface area contributed by atoms with Crippen LogP contribution >= 0.6 is 11.8 Å². The number of carbonyl (C=O) groups excluding carboxylic acids is 1. The van der Waals surface area contributed by atoms with Crippen LogP contribution in [0.4, 0.5) is 14.5 Å². The Kier molecular flexibility index (Phi) is 5.95. The fourth-order valence-electron chi connectivity index (χ4n) is 1.90. The average molecular weight is 371 g/mol. The average Bonchev–Trinajstić information content (AvgIpc) is 2.55. The topological polar surface area (TPSA) is 63.2 Å². The molecule has 0 aliphatic carbocycles. The van der Waals surface area contributed by atoms with Gasteiger partial charge in [-0.1, -0.05) is 18.7 Å². The number of benzene rings is 2. The first-order chi connectivity index (χ1) is 11.3. The van der Waals surface area contributed by atoms with Crippen LogP contribution in [0.2, 0.25) is 0 Å². The molecule has 0 radical (unpaired) electrons. The van der Waals surface area contributed by atoms with Gasteiger partial charge in [0, 0.05) is 16.1 Å². The standard InChI is InChI=1S/C16H15F2NO3S2/c1-2-24(21,22)14-9-5-12(6-10-14)19-15(20)11-3-7-13(8-4-11)23-16(17)18/h3-10,16H,2H2,1H3,(H,19,20). The molecular weight excluding hydrogens is 356 g/mol. The van der Waals surface area contributed by atoms with Gasteiger partial charge in [-0.15, -0.1) is 0 Å². The minimum absolute atomic E-state index is 0.00167. The van der Waals surface area contributed by atoms with Gasteiger partial charge in [-0.05, 0) is 48.5 Å². The van der Waals surface area contributed by atoms with Gasteiger partial charge in [0.2, 0.25) is 0 Å². The van der Waals surface area contributed by atoms with Crippen molar-refractivity contribution in [3.05, 3.63) is 54.1 Å². The first-order valence-corrected chi connectivity index (χ1v) is 9.54. The Labute approximate surface area is 143 Å². The second-order valence-corrected chi connectivity index (χ2v) is 8.13. The van der Waals surface area contributed by atoms with Crippen LogP contribution in [0.1, 0.15) is 17.3 Å². The maximum Gasteiger partial charge on any atom is 0.288 e. The normalized spacial score (nSPS) is 11.5. The van der Waals surface area contributed by atoms with E-state index in [0.29, 0.717) is 27.9 Å². The lowest BCUT2D eigenvalue weighted by Gasteiger charge is -2.07. The van der Waals surface area contributed by atoms with Gasteiger partial charge in [-0.2, -0.15) is 8.78 Å². The Hall–Kier alpha value is -1.93. The van der Waals surface area contributed by atoms with Gasteiger partial charge < -0.3 is 5.32 Å². The number of halogens is 2. The monoisotopic (exact) mass is 371 g/mol. The van der Waals surface area contributed by atoms with Crippen molar-refractivity contribution in [2.45, 2.75) is 22.5 Å². The number of alkyl halides is 2. The molecule has 2 aromatic carbocycles. The molecule has 24 heavy (non-hydrogen) atoms. The maximum atomic E-state index is 12.3. The SMILES string of the molecule is CCS(=O)(=O)c1ccc(NC(=O)c2ccc(SC(F)F)cc2)cc1. The molecule has 128 valence electrons. The van der Waals surface area contributed by atoms with Crippen LogP contribution in [0, 0.1) is 0 Å². The summed E-state index contributed by atoms with van der Waals surface area (Å²) < 4.78 is 47.9. The molecule has 0 atom stereocenters. The van der Waals surface area contributed by atoms with E-state index >= 15 is 0 Å². The molecule has 0 saturated carbocycles. The van der Waals surface area contributed by atoms with Crippen LogP contribution in [0.25, 0.3) is 0 Å². The predicted molar refractivity (Wildman–Crippen MR) is 90.4 cm³/mol. The number of amides is 1. The molecule has 2 aromatic rings. The van der Waals surface area contributed by atoms with Crippen molar-refractivity contribution in [3.63, 3.8) is 0 Å². The van der Waals surface area contributed by atoms with Crippen molar-refractivity contribution >= 4 is 33.2 Å². The van der Waals surface area contributed by atoms with Crippen molar-refractivity contribution in [2.24, 2.45) is 0 Å². The maximum absolute atomic E-state index is 12.3. The van der Waals surface area contributed by atoms with Crippen LogP contribution in [-0.2, 0) is 9.84 Å². The van der Waals surface area contributed by atoms with Crippen LogP contribution in [0.15, 0.2) is 58.3 Å². The molecular formula is C16H15F2NO3S2.